The smallest absolute Gasteiger partial charge is 0.168 e. The number of thiol groups is 1. The molecule has 0 aromatic heterocycles. The van der Waals surface area contributed by atoms with Crippen molar-refractivity contribution in [2.45, 2.75) is 45.0 Å². The first-order valence-corrected chi connectivity index (χ1v) is 5.32. The minimum absolute atomic E-state index is 0.266. The molecule has 3 heteroatoms. The highest BCUT2D eigenvalue weighted by atomic mass is 32.1. The van der Waals surface area contributed by atoms with Gasteiger partial charge in [-0.05, 0) is 25.0 Å². The van der Waals surface area contributed by atoms with Crippen molar-refractivity contribution in [3.05, 3.63) is 0 Å². The molecule has 1 atom stereocenters. The van der Waals surface area contributed by atoms with Crippen molar-refractivity contribution in [1.82, 2.24) is 0 Å². The van der Waals surface area contributed by atoms with Gasteiger partial charge in [-0.15, -0.1) is 0 Å². The maximum atomic E-state index is 5.82. The van der Waals surface area contributed by atoms with E-state index in [-0.39, 0.29) is 11.9 Å². The van der Waals surface area contributed by atoms with Gasteiger partial charge in [-0.25, -0.2) is 0 Å². The highest BCUT2D eigenvalue weighted by Gasteiger charge is 2.37. The Morgan fingerprint density at radius 1 is 1.42 bits per heavy atom. The van der Waals surface area contributed by atoms with E-state index in [0.29, 0.717) is 0 Å². The van der Waals surface area contributed by atoms with Crippen LogP contribution in [0.15, 0.2) is 0 Å². The molecule has 0 radical (unpaired) electrons. The Morgan fingerprint density at radius 3 is 2.50 bits per heavy atom. The average Bonchev–Trinajstić information content (AvgIpc) is 2.50. The number of hydrogen-bond donors (Lipinski definition) is 1. The van der Waals surface area contributed by atoms with Crippen LogP contribution in [0.5, 0.6) is 0 Å². The molecule has 0 saturated carbocycles. The lowest BCUT2D eigenvalue weighted by Crippen LogP contribution is -2.28. The van der Waals surface area contributed by atoms with Crippen molar-refractivity contribution in [2.75, 3.05) is 12.4 Å². The van der Waals surface area contributed by atoms with Crippen LogP contribution >= 0.6 is 12.6 Å². The molecule has 12 heavy (non-hydrogen) atoms. The Bertz CT molecular complexity index is 134. The van der Waals surface area contributed by atoms with Crippen molar-refractivity contribution < 1.29 is 9.47 Å². The quantitative estimate of drug-likeness (QED) is 0.685. The molecule has 0 aliphatic carbocycles. The van der Waals surface area contributed by atoms with Gasteiger partial charge in [0.2, 0.25) is 0 Å². The molecule has 0 spiro atoms. The van der Waals surface area contributed by atoms with E-state index in [1.54, 1.807) is 0 Å². The molecule has 0 aromatic rings. The molecule has 1 heterocycles. The largest absolute Gasteiger partial charge is 0.347 e. The normalized spacial score (nSPS) is 27.8. The highest BCUT2D eigenvalue weighted by molar-refractivity contribution is 7.80. The predicted octanol–water partition coefficient (Wildman–Crippen LogP) is 2.24. The van der Waals surface area contributed by atoms with Gasteiger partial charge in [0, 0.05) is 0 Å². The average molecular weight is 190 g/mol. The molecule has 0 N–H and O–H groups in total. The fraction of sp³-hybridized carbons (Fsp3) is 1.00. The van der Waals surface area contributed by atoms with E-state index in [4.69, 9.17) is 9.47 Å². The summed E-state index contributed by atoms with van der Waals surface area (Å²) in [6, 6.07) is 0. The van der Waals surface area contributed by atoms with E-state index in [1.807, 2.05) is 0 Å². The molecule has 1 unspecified atom stereocenters. The summed E-state index contributed by atoms with van der Waals surface area (Å²) in [5, 5.41) is 0. The fourth-order valence-electron chi connectivity index (χ4n) is 1.52. The Kier molecular flexibility index (Phi) is 3.87. The molecule has 72 valence electrons. The van der Waals surface area contributed by atoms with Gasteiger partial charge in [0.25, 0.3) is 0 Å². The van der Waals surface area contributed by atoms with E-state index in [2.05, 4.69) is 26.5 Å². The Morgan fingerprint density at radius 2 is 2.08 bits per heavy atom. The van der Waals surface area contributed by atoms with Crippen molar-refractivity contribution >= 4 is 12.6 Å². The van der Waals surface area contributed by atoms with Crippen LogP contribution < -0.4 is 0 Å². The number of hydrogen-bond acceptors (Lipinski definition) is 3. The first kappa shape index (κ1) is 10.4. The van der Waals surface area contributed by atoms with E-state index in [1.165, 1.54) is 0 Å². The summed E-state index contributed by atoms with van der Waals surface area (Å²) in [7, 11) is 0. The zero-order valence-corrected chi connectivity index (χ0v) is 8.77. The van der Waals surface area contributed by atoms with E-state index >= 15 is 0 Å². The highest BCUT2D eigenvalue weighted by Crippen LogP contribution is 2.31. The first-order valence-electron chi connectivity index (χ1n) is 4.69. The van der Waals surface area contributed by atoms with E-state index in [9.17, 15) is 0 Å². The molecule has 0 amide bonds. The zero-order chi connectivity index (χ0) is 9.03. The summed E-state index contributed by atoms with van der Waals surface area (Å²) in [4.78, 5) is 0. The van der Waals surface area contributed by atoms with Crippen molar-refractivity contribution in [3.8, 4) is 0 Å². The van der Waals surface area contributed by atoms with Crippen molar-refractivity contribution in [1.29, 1.82) is 0 Å². The second-order valence-electron chi connectivity index (χ2n) is 3.18. The molecule has 1 saturated heterocycles. The van der Waals surface area contributed by atoms with Crippen molar-refractivity contribution in [2.24, 2.45) is 0 Å². The van der Waals surface area contributed by atoms with Crippen LogP contribution in [0.3, 0.4) is 0 Å². The molecule has 2 nitrogen and oxygen atoms in total. The summed E-state index contributed by atoms with van der Waals surface area (Å²) < 4.78 is 11.5. The van der Waals surface area contributed by atoms with Crippen LogP contribution in [0.1, 0.15) is 33.1 Å². The van der Waals surface area contributed by atoms with Gasteiger partial charge >= 0.3 is 0 Å². The molecule has 1 aliphatic heterocycles. The van der Waals surface area contributed by atoms with Crippen LogP contribution in [0.25, 0.3) is 0 Å². The summed E-state index contributed by atoms with van der Waals surface area (Å²) in [5.41, 5.74) is 0. The molecule has 1 aliphatic rings. The van der Waals surface area contributed by atoms with Gasteiger partial charge in [0.05, 0.1) is 12.7 Å². The van der Waals surface area contributed by atoms with E-state index < -0.39 is 0 Å². The maximum Gasteiger partial charge on any atom is 0.168 e. The summed E-state index contributed by atoms with van der Waals surface area (Å²) >= 11 is 4.18. The molecule has 0 aromatic carbocycles. The van der Waals surface area contributed by atoms with Crippen LogP contribution in [0, 0.1) is 0 Å². The third-order valence-electron chi connectivity index (χ3n) is 2.44. The maximum absolute atomic E-state index is 5.82. The molecular weight excluding hydrogens is 172 g/mol. The second-order valence-corrected chi connectivity index (χ2v) is 3.63. The third kappa shape index (κ3) is 2.15. The fourth-order valence-corrected chi connectivity index (χ4v) is 1.81. The lowest BCUT2D eigenvalue weighted by Gasteiger charge is -2.24. The van der Waals surface area contributed by atoms with Gasteiger partial charge < -0.3 is 9.47 Å². The number of ether oxygens (including phenoxy) is 2. The van der Waals surface area contributed by atoms with Gasteiger partial charge in [0.1, 0.15) is 0 Å². The second kappa shape index (κ2) is 4.49. The third-order valence-corrected chi connectivity index (χ3v) is 2.70. The predicted molar refractivity (Wildman–Crippen MR) is 52.6 cm³/mol. The topological polar surface area (TPSA) is 18.5 Å². The zero-order valence-electron chi connectivity index (χ0n) is 7.88. The lowest BCUT2D eigenvalue weighted by molar-refractivity contribution is -0.171. The Labute approximate surface area is 80.0 Å². The van der Waals surface area contributed by atoms with Gasteiger partial charge in [0.15, 0.2) is 5.79 Å². The number of rotatable bonds is 4. The first-order chi connectivity index (χ1) is 5.76. The lowest BCUT2D eigenvalue weighted by atomic mass is 10.1. The van der Waals surface area contributed by atoms with Gasteiger partial charge in [-0.2, -0.15) is 12.6 Å². The van der Waals surface area contributed by atoms with Crippen LogP contribution in [0.2, 0.25) is 0 Å². The molecule has 1 rings (SSSR count). The summed E-state index contributed by atoms with van der Waals surface area (Å²) in [5.74, 6) is 0.588. The SMILES string of the molecule is CCC1(CC)OCC(CCS)O1. The standard InChI is InChI=1S/C9H18O2S/c1-3-9(4-2)10-7-8(11-9)5-6-12/h8,12H,3-7H2,1-2H3. The van der Waals surface area contributed by atoms with Crippen LogP contribution in [0.4, 0.5) is 0 Å². The molecular formula is C9H18O2S. The monoisotopic (exact) mass is 190 g/mol. The summed E-state index contributed by atoms with van der Waals surface area (Å²) in [6.07, 6.45) is 3.13. The van der Waals surface area contributed by atoms with Gasteiger partial charge in [-0.3, -0.25) is 0 Å². The minimum Gasteiger partial charge on any atom is -0.347 e. The van der Waals surface area contributed by atoms with E-state index in [0.717, 1.165) is 31.6 Å². The molecule has 1 fully saturated rings. The van der Waals surface area contributed by atoms with Gasteiger partial charge in [-0.1, -0.05) is 13.8 Å². The Balaban J connectivity index is 2.41. The summed E-state index contributed by atoms with van der Waals surface area (Å²) in [6.45, 7) is 4.95. The Hall–Kier alpha value is 0.270. The van der Waals surface area contributed by atoms with Crippen LogP contribution in [-0.4, -0.2) is 24.3 Å². The minimum atomic E-state index is -0.284. The van der Waals surface area contributed by atoms with Crippen LogP contribution in [-0.2, 0) is 9.47 Å². The molecule has 0 bridgehead atoms. The van der Waals surface area contributed by atoms with Crippen molar-refractivity contribution in [3.63, 3.8) is 0 Å².